The summed E-state index contributed by atoms with van der Waals surface area (Å²) in [5, 5.41) is 3.28. The van der Waals surface area contributed by atoms with Gasteiger partial charge in [-0.1, -0.05) is 13.8 Å². The van der Waals surface area contributed by atoms with E-state index in [1.165, 1.54) is 0 Å². The van der Waals surface area contributed by atoms with Gasteiger partial charge in [0.15, 0.2) is 0 Å². The Morgan fingerprint density at radius 1 is 1.28 bits per heavy atom. The fraction of sp³-hybridized carbons (Fsp3) is 1.00. The van der Waals surface area contributed by atoms with E-state index in [2.05, 4.69) is 19.2 Å². The van der Waals surface area contributed by atoms with Crippen LogP contribution in [-0.2, 0) is 10.0 Å². The molecule has 0 spiro atoms. The third-order valence-corrected chi connectivity index (χ3v) is 6.15. The Kier molecular flexibility index (Phi) is 4.34. The van der Waals surface area contributed by atoms with Crippen molar-refractivity contribution in [1.29, 1.82) is 0 Å². The van der Waals surface area contributed by atoms with Crippen LogP contribution in [0.2, 0.25) is 0 Å². The second-order valence-electron chi connectivity index (χ2n) is 6.57. The van der Waals surface area contributed by atoms with Gasteiger partial charge in [0.2, 0.25) is 10.0 Å². The molecule has 5 heteroatoms. The van der Waals surface area contributed by atoms with E-state index in [0.717, 1.165) is 45.3 Å². The third kappa shape index (κ3) is 3.68. The number of hydrogen-bond donors (Lipinski definition) is 1. The van der Waals surface area contributed by atoms with Crippen LogP contribution in [0.5, 0.6) is 0 Å². The van der Waals surface area contributed by atoms with Gasteiger partial charge in [-0.3, -0.25) is 0 Å². The molecule has 2 rings (SSSR count). The smallest absolute Gasteiger partial charge is 0.214 e. The summed E-state index contributed by atoms with van der Waals surface area (Å²) in [6.45, 7) is 7.67. The van der Waals surface area contributed by atoms with E-state index in [9.17, 15) is 8.42 Å². The van der Waals surface area contributed by atoms with Gasteiger partial charge in [-0.05, 0) is 50.1 Å². The maximum atomic E-state index is 12.4. The standard InChI is InChI=1S/C13H26N2O2S/c1-13(2)6-3-9-15(11-13)18(16,17)10-12-4-7-14-8-5-12/h12,14H,3-11H2,1-2H3. The Morgan fingerprint density at radius 3 is 2.56 bits per heavy atom. The molecule has 0 bridgehead atoms. The molecule has 0 aromatic rings. The lowest BCUT2D eigenvalue weighted by molar-refractivity contribution is 0.186. The highest BCUT2D eigenvalue weighted by molar-refractivity contribution is 7.89. The van der Waals surface area contributed by atoms with Crippen LogP contribution in [0.4, 0.5) is 0 Å². The quantitative estimate of drug-likeness (QED) is 0.847. The lowest BCUT2D eigenvalue weighted by Crippen LogP contribution is -2.46. The average Bonchev–Trinajstić information content (AvgIpc) is 2.28. The van der Waals surface area contributed by atoms with Gasteiger partial charge in [-0.15, -0.1) is 0 Å². The van der Waals surface area contributed by atoms with Gasteiger partial charge < -0.3 is 5.32 Å². The fourth-order valence-electron chi connectivity index (χ4n) is 3.06. The zero-order valence-corrected chi connectivity index (χ0v) is 12.4. The van der Waals surface area contributed by atoms with Crippen LogP contribution < -0.4 is 5.32 Å². The average molecular weight is 274 g/mol. The Hall–Kier alpha value is -0.130. The molecule has 0 amide bonds. The normalized spacial score (nSPS) is 27.2. The maximum absolute atomic E-state index is 12.4. The molecule has 2 saturated heterocycles. The summed E-state index contributed by atoms with van der Waals surface area (Å²) in [4.78, 5) is 0. The van der Waals surface area contributed by atoms with Crippen molar-refractivity contribution in [2.75, 3.05) is 31.9 Å². The molecule has 0 aromatic heterocycles. The topological polar surface area (TPSA) is 49.4 Å². The largest absolute Gasteiger partial charge is 0.317 e. The fourth-order valence-corrected chi connectivity index (χ4v) is 5.15. The number of rotatable bonds is 3. The molecule has 2 aliphatic heterocycles. The predicted octanol–water partition coefficient (Wildman–Crippen LogP) is 1.44. The van der Waals surface area contributed by atoms with Crippen molar-refractivity contribution in [3.05, 3.63) is 0 Å². The van der Waals surface area contributed by atoms with Crippen molar-refractivity contribution < 1.29 is 8.42 Å². The summed E-state index contributed by atoms with van der Waals surface area (Å²) < 4.78 is 26.6. The van der Waals surface area contributed by atoms with Crippen LogP contribution >= 0.6 is 0 Å². The molecule has 2 aliphatic rings. The first kappa shape index (κ1) is 14.3. The summed E-state index contributed by atoms with van der Waals surface area (Å²) in [5.41, 5.74) is 0.138. The third-order valence-electron chi connectivity index (χ3n) is 4.16. The molecule has 0 unspecified atom stereocenters. The summed E-state index contributed by atoms with van der Waals surface area (Å²) in [6.07, 6.45) is 4.12. The Balaban J connectivity index is 1.97. The number of nitrogens with one attached hydrogen (secondary N) is 1. The van der Waals surface area contributed by atoms with Gasteiger partial charge in [0.05, 0.1) is 5.75 Å². The van der Waals surface area contributed by atoms with Gasteiger partial charge in [0, 0.05) is 13.1 Å². The molecule has 1 N–H and O–H groups in total. The predicted molar refractivity (Wildman–Crippen MR) is 74.0 cm³/mol. The number of nitrogens with zero attached hydrogens (tertiary/aromatic N) is 1. The first-order chi connectivity index (χ1) is 8.39. The van der Waals surface area contributed by atoms with Crippen molar-refractivity contribution in [3.8, 4) is 0 Å². The van der Waals surface area contributed by atoms with E-state index < -0.39 is 10.0 Å². The molecule has 2 heterocycles. The van der Waals surface area contributed by atoms with Gasteiger partial charge in [-0.2, -0.15) is 0 Å². The molecule has 0 radical (unpaired) electrons. The molecule has 2 fully saturated rings. The van der Waals surface area contributed by atoms with E-state index in [1.54, 1.807) is 4.31 Å². The van der Waals surface area contributed by atoms with E-state index in [1.807, 2.05) is 0 Å². The van der Waals surface area contributed by atoms with Crippen molar-refractivity contribution in [3.63, 3.8) is 0 Å². The minimum absolute atomic E-state index is 0.138. The molecule has 0 aliphatic carbocycles. The van der Waals surface area contributed by atoms with E-state index >= 15 is 0 Å². The zero-order valence-electron chi connectivity index (χ0n) is 11.6. The summed E-state index contributed by atoms with van der Waals surface area (Å²) in [7, 11) is -3.05. The van der Waals surface area contributed by atoms with E-state index in [4.69, 9.17) is 0 Å². The highest BCUT2D eigenvalue weighted by Crippen LogP contribution is 2.30. The molecule has 4 nitrogen and oxygen atoms in total. The summed E-state index contributed by atoms with van der Waals surface area (Å²) in [6, 6.07) is 0. The highest BCUT2D eigenvalue weighted by atomic mass is 32.2. The van der Waals surface area contributed by atoms with Crippen molar-refractivity contribution in [2.45, 2.75) is 39.5 Å². The molecule has 0 saturated carbocycles. The maximum Gasteiger partial charge on any atom is 0.214 e. The lowest BCUT2D eigenvalue weighted by Gasteiger charge is -2.38. The molecule has 18 heavy (non-hydrogen) atoms. The SMILES string of the molecule is CC1(C)CCCN(S(=O)(=O)CC2CCNCC2)C1. The Morgan fingerprint density at radius 2 is 1.94 bits per heavy atom. The summed E-state index contributed by atoms with van der Waals surface area (Å²) in [5.74, 6) is 0.700. The van der Waals surface area contributed by atoms with Gasteiger partial charge in [0.25, 0.3) is 0 Å². The van der Waals surface area contributed by atoms with Crippen molar-refractivity contribution in [2.24, 2.45) is 11.3 Å². The van der Waals surface area contributed by atoms with Crippen LogP contribution in [0.15, 0.2) is 0 Å². The van der Waals surface area contributed by atoms with Crippen molar-refractivity contribution in [1.82, 2.24) is 9.62 Å². The first-order valence-corrected chi connectivity index (χ1v) is 8.69. The van der Waals surface area contributed by atoms with Gasteiger partial charge in [0.1, 0.15) is 0 Å². The van der Waals surface area contributed by atoms with Crippen molar-refractivity contribution >= 4 is 10.0 Å². The number of hydrogen-bond acceptors (Lipinski definition) is 3. The van der Waals surface area contributed by atoms with Crippen LogP contribution in [0.1, 0.15) is 39.5 Å². The molecule has 0 atom stereocenters. The highest BCUT2D eigenvalue weighted by Gasteiger charge is 2.34. The molecule has 0 aromatic carbocycles. The second-order valence-corrected chi connectivity index (χ2v) is 8.59. The zero-order chi connectivity index (χ0) is 13.2. The minimum atomic E-state index is -3.05. The molecule has 106 valence electrons. The van der Waals surface area contributed by atoms with Gasteiger partial charge >= 0.3 is 0 Å². The number of sulfonamides is 1. The molecular weight excluding hydrogens is 248 g/mol. The van der Waals surface area contributed by atoms with Crippen LogP contribution in [0.25, 0.3) is 0 Å². The Bertz CT molecular complexity index is 372. The monoisotopic (exact) mass is 274 g/mol. The Labute approximate surface area is 111 Å². The first-order valence-electron chi connectivity index (χ1n) is 7.08. The van der Waals surface area contributed by atoms with Crippen LogP contribution in [0.3, 0.4) is 0 Å². The van der Waals surface area contributed by atoms with Crippen LogP contribution in [-0.4, -0.2) is 44.7 Å². The molecular formula is C13H26N2O2S. The van der Waals surface area contributed by atoms with Crippen LogP contribution in [0, 0.1) is 11.3 Å². The summed E-state index contributed by atoms with van der Waals surface area (Å²) >= 11 is 0. The minimum Gasteiger partial charge on any atom is -0.317 e. The second kappa shape index (κ2) is 5.47. The van der Waals surface area contributed by atoms with E-state index in [-0.39, 0.29) is 5.41 Å². The van der Waals surface area contributed by atoms with E-state index in [0.29, 0.717) is 18.2 Å². The number of piperidine rings is 2. The lowest BCUT2D eigenvalue weighted by atomic mass is 9.85. The van der Waals surface area contributed by atoms with Gasteiger partial charge in [-0.25, -0.2) is 12.7 Å².